The number of amides is 1. The highest BCUT2D eigenvalue weighted by molar-refractivity contribution is 7.16. The summed E-state index contributed by atoms with van der Waals surface area (Å²) in [5.41, 5.74) is 2.08. The van der Waals surface area contributed by atoms with Crippen LogP contribution in [-0.4, -0.2) is 18.5 Å². The maximum Gasteiger partial charge on any atom is 0.341 e. The third-order valence-corrected chi connectivity index (χ3v) is 5.47. The standard InChI is InChI=1S/C22H21NO3S/c1-3-26-22(25)18-14-19(15(2)16-10-6-4-7-11-16)27-21(18)23-20(24)17-12-8-5-9-13-17/h4-15H,3H2,1-2H3,(H,23,24). The Hall–Kier alpha value is -2.92. The molecule has 4 nitrogen and oxygen atoms in total. The predicted molar refractivity (Wildman–Crippen MR) is 109 cm³/mol. The Kier molecular flexibility index (Phi) is 6.04. The van der Waals surface area contributed by atoms with Crippen LogP contribution in [0.1, 0.15) is 50.9 Å². The number of ether oxygens (including phenoxy) is 1. The minimum Gasteiger partial charge on any atom is -0.462 e. The number of hydrogen-bond acceptors (Lipinski definition) is 4. The Morgan fingerprint density at radius 1 is 1.04 bits per heavy atom. The van der Waals surface area contributed by atoms with Crippen molar-refractivity contribution in [2.24, 2.45) is 0 Å². The number of benzene rings is 2. The Morgan fingerprint density at radius 2 is 1.67 bits per heavy atom. The van der Waals surface area contributed by atoms with Crippen LogP contribution in [0.15, 0.2) is 66.7 Å². The normalized spacial score (nSPS) is 11.6. The van der Waals surface area contributed by atoms with Crippen molar-refractivity contribution in [1.29, 1.82) is 0 Å². The fourth-order valence-corrected chi connectivity index (χ4v) is 3.87. The number of carbonyl (C=O) groups excluding carboxylic acids is 2. The minimum absolute atomic E-state index is 0.103. The van der Waals surface area contributed by atoms with Crippen molar-refractivity contribution < 1.29 is 14.3 Å². The quantitative estimate of drug-likeness (QED) is 0.589. The van der Waals surface area contributed by atoms with Gasteiger partial charge in [0, 0.05) is 16.4 Å². The van der Waals surface area contributed by atoms with Crippen LogP contribution in [0.5, 0.6) is 0 Å². The van der Waals surface area contributed by atoms with E-state index < -0.39 is 5.97 Å². The van der Waals surface area contributed by atoms with Crippen LogP contribution in [0.25, 0.3) is 0 Å². The second kappa shape index (κ2) is 8.64. The number of rotatable bonds is 6. The third kappa shape index (κ3) is 4.44. The van der Waals surface area contributed by atoms with E-state index in [1.807, 2.05) is 30.3 Å². The highest BCUT2D eigenvalue weighted by atomic mass is 32.1. The second-order valence-electron chi connectivity index (χ2n) is 6.06. The molecule has 1 aromatic heterocycles. The smallest absolute Gasteiger partial charge is 0.341 e. The summed E-state index contributed by atoms with van der Waals surface area (Å²) >= 11 is 1.41. The maximum absolute atomic E-state index is 12.5. The first kappa shape index (κ1) is 18.9. The van der Waals surface area contributed by atoms with Gasteiger partial charge >= 0.3 is 5.97 Å². The van der Waals surface area contributed by atoms with Gasteiger partial charge in [-0.2, -0.15) is 0 Å². The van der Waals surface area contributed by atoms with E-state index in [-0.39, 0.29) is 18.4 Å². The summed E-state index contributed by atoms with van der Waals surface area (Å²) in [6, 6.07) is 20.8. The van der Waals surface area contributed by atoms with Crippen LogP contribution in [0.3, 0.4) is 0 Å². The Morgan fingerprint density at radius 3 is 2.30 bits per heavy atom. The topological polar surface area (TPSA) is 55.4 Å². The van der Waals surface area contributed by atoms with Crippen molar-refractivity contribution in [1.82, 2.24) is 0 Å². The lowest BCUT2D eigenvalue weighted by atomic mass is 9.99. The zero-order valence-corrected chi connectivity index (χ0v) is 16.1. The molecule has 0 fully saturated rings. The monoisotopic (exact) mass is 379 g/mol. The Bertz CT molecular complexity index is 919. The van der Waals surface area contributed by atoms with Gasteiger partial charge in [-0.3, -0.25) is 4.79 Å². The molecule has 5 heteroatoms. The van der Waals surface area contributed by atoms with E-state index in [1.54, 1.807) is 31.2 Å². The lowest BCUT2D eigenvalue weighted by Gasteiger charge is -2.09. The largest absolute Gasteiger partial charge is 0.462 e. The molecule has 1 unspecified atom stereocenters. The van der Waals surface area contributed by atoms with Gasteiger partial charge in [-0.1, -0.05) is 55.5 Å². The summed E-state index contributed by atoms with van der Waals surface area (Å²) in [5, 5.41) is 3.39. The number of nitrogens with one attached hydrogen (secondary N) is 1. The molecule has 1 atom stereocenters. The molecule has 0 radical (unpaired) electrons. The number of anilines is 1. The fourth-order valence-electron chi connectivity index (χ4n) is 2.75. The van der Waals surface area contributed by atoms with Gasteiger partial charge in [0.25, 0.3) is 5.91 Å². The molecule has 3 aromatic rings. The SMILES string of the molecule is CCOC(=O)c1cc(C(C)c2ccccc2)sc1NC(=O)c1ccccc1. The molecule has 3 rings (SSSR count). The second-order valence-corrected chi connectivity index (χ2v) is 7.15. The summed E-state index contributed by atoms with van der Waals surface area (Å²) in [7, 11) is 0. The molecule has 0 bridgehead atoms. The van der Waals surface area contributed by atoms with E-state index in [0.29, 0.717) is 16.1 Å². The van der Waals surface area contributed by atoms with Crippen LogP contribution < -0.4 is 5.32 Å². The van der Waals surface area contributed by atoms with Gasteiger partial charge in [0.15, 0.2) is 0 Å². The van der Waals surface area contributed by atoms with E-state index in [2.05, 4.69) is 24.4 Å². The molecule has 0 aliphatic rings. The zero-order chi connectivity index (χ0) is 19.2. The summed E-state index contributed by atoms with van der Waals surface area (Å²) < 4.78 is 5.17. The van der Waals surface area contributed by atoms with Gasteiger partial charge in [0.05, 0.1) is 12.2 Å². The minimum atomic E-state index is -0.427. The van der Waals surface area contributed by atoms with E-state index in [4.69, 9.17) is 4.74 Å². The molecule has 1 N–H and O–H groups in total. The van der Waals surface area contributed by atoms with Crippen LogP contribution >= 0.6 is 11.3 Å². The maximum atomic E-state index is 12.5. The van der Waals surface area contributed by atoms with E-state index in [1.165, 1.54) is 11.3 Å². The first-order chi connectivity index (χ1) is 13.1. The molecule has 0 aliphatic heterocycles. The molecule has 0 saturated carbocycles. The Labute approximate surface area is 162 Å². The molecule has 0 spiro atoms. The number of thiophene rings is 1. The van der Waals surface area contributed by atoms with Crippen molar-refractivity contribution >= 4 is 28.2 Å². The molecule has 27 heavy (non-hydrogen) atoms. The predicted octanol–water partition coefficient (Wildman–Crippen LogP) is 5.33. The average Bonchev–Trinajstić information content (AvgIpc) is 3.12. The highest BCUT2D eigenvalue weighted by Gasteiger charge is 2.22. The summed E-state index contributed by atoms with van der Waals surface area (Å²) in [5.74, 6) is -0.572. The lowest BCUT2D eigenvalue weighted by molar-refractivity contribution is 0.0528. The van der Waals surface area contributed by atoms with Crippen LogP contribution in [0, 0.1) is 0 Å². The summed E-state index contributed by atoms with van der Waals surface area (Å²) in [4.78, 5) is 25.9. The summed E-state index contributed by atoms with van der Waals surface area (Å²) in [6.07, 6.45) is 0. The van der Waals surface area contributed by atoms with Gasteiger partial charge in [-0.25, -0.2) is 4.79 Å². The molecular formula is C22H21NO3S. The van der Waals surface area contributed by atoms with Gasteiger partial charge in [-0.05, 0) is 30.7 Å². The number of hydrogen-bond donors (Lipinski definition) is 1. The third-order valence-electron chi connectivity index (χ3n) is 4.24. The molecule has 0 saturated heterocycles. The van der Waals surface area contributed by atoms with E-state index >= 15 is 0 Å². The van der Waals surface area contributed by atoms with E-state index in [0.717, 1.165) is 10.4 Å². The van der Waals surface area contributed by atoms with Crippen molar-refractivity contribution in [3.8, 4) is 0 Å². The molecular weight excluding hydrogens is 358 g/mol. The average molecular weight is 379 g/mol. The van der Waals surface area contributed by atoms with Crippen molar-refractivity contribution in [2.75, 3.05) is 11.9 Å². The molecule has 138 valence electrons. The van der Waals surface area contributed by atoms with Crippen molar-refractivity contribution in [2.45, 2.75) is 19.8 Å². The van der Waals surface area contributed by atoms with Crippen LogP contribution in [-0.2, 0) is 4.74 Å². The van der Waals surface area contributed by atoms with Gasteiger partial charge in [-0.15, -0.1) is 11.3 Å². The van der Waals surface area contributed by atoms with Crippen LogP contribution in [0.2, 0.25) is 0 Å². The van der Waals surface area contributed by atoms with Gasteiger partial charge in [0.2, 0.25) is 0 Å². The van der Waals surface area contributed by atoms with Gasteiger partial charge < -0.3 is 10.1 Å². The lowest BCUT2D eigenvalue weighted by Crippen LogP contribution is -2.14. The number of esters is 1. The van der Waals surface area contributed by atoms with Crippen molar-refractivity contribution in [3.05, 3.63) is 88.3 Å². The molecule has 1 amide bonds. The van der Waals surface area contributed by atoms with Crippen molar-refractivity contribution in [3.63, 3.8) is 0 Å². The van der Waals surface area contributed by atoms with E-state index in [9.17, 15) is 9.59 Å². The molecule has 1 heterocycles. The summed E-state index contributed by atoms with van der Waals surface area (Å²) in [6.45, 7) is 4.13. The zero-order valence-electron chi connectivity index (χ0n) is 15.3. The fraction of sp³-hybridized carbons (Fsp3) is 0.182. The highest BCUT2D eigenvalue weighted by Crippen LogP contribution is 2.36. The first-order valence-corrected chi connectivity index (χ1v) is 9.64. The van der Waals surface area contributed by atoms with Gasteiger partial charge in [0.1, 0.15) is 5.00 Å². The molecule has 2 aromatic carbocycles. The first-order valence-electron chi connectivity index (χ1n) is 8.82. The van der Waals surface area contributed by atoms with Crippen LogP contribution in [0.4, 0.5) is 5.00 Å². The Balaban J connectivity index is 1.92. The number of carbonyl (C=O) groups is 2. The molecule has 0 aliphatic carbocycles.